The highest BCUT2D eigenvalue weighted by Crippen LogP contribution is 2.24. The van der Waals surface area contributed by atoms with Crippen LogP contribution in [0.1, 0.15) is 0 Å². The minimum atomic E-state index is -1.86. The van der Waals surface area contributed by atoms with Crippen LogP contribution in [0.4, 0.5) is 29.1 Å². The van der Waals surface area contributed by atoms with Gasteiger partial charge in [-0.15, -0.1) is 0 Å². The summed E-state index contributed by atoms with van der Waals surface area (Å²) in [5.41, 5.74) is -0.514. The molecule has 3 nitrogen and oxygen atoms in total. The predicted octanol–water partition coefficient (Wildman–Crippen LogP) is 3.22. The van der Waals surface area contributed by atoms with Crippen LogP contribution >= 0.6 is 0 Å². The topological polar surface area (TPSA) is 37.0 Å². The molecule has 0 bridgehead atoms. The number of aromatic nitrogens is 1. The number of anilines is 2. The number of pyridine rings is 1. The molecule has 0 aliphatic carbocycles. The Kier molecular flexibility index (Phi) is 5.92. The fraction of sp³-hybridized carbons (Fsp3) is 0.154. The summed E-state index contributed by atoms with van der Waals surface area (Å²) in [5, 5.41) is 5.10. The first-order valence-corrected chi connectivity index (χ1v) is 5.60. The van der Waals surface area contributed by atoms with E-state index in [0.29, 0.717) is 6.07 Å². The van der Waals surface area contributed by atoms with E-state index in [9.17, 15) is 17.6 Å². The molecule has 0 saturated heterocycles. The lowest BCUT2D eigenvalue weighted by Crippen LogP contribution is -2.02. The molecule has 0 atom stereocenters. The first kappa shape index (κ1) is 15.9. The molecule has 1 heterocycles. The summed E-state index contributed by atoms with van der Waals surface area (Å²) >= 11 is 0. The van der Waals surface area contributed by atoms with E-state index in [4.69, 9.17) is 0 Å². The zero-order valence-corrected chi connectivity index (χ0v) is 10.8. The van der Waals surface area contributed by atoms with Gasteiger partial charge in [-0.05, 0) is 26.2 Å². The Hall–Kier alpha value is -2.15. The van der Waals surface area contributed by atoms with Gasteiger partial charge in [-0.3, -0.25) is 0 Å². The number of hydrogen-bond donors (Lipinski definition) is 2. The van der Waals surface area contributed by atoms with Crippen molar-refractivity contribution in [1.29, 1.82) is 0 Å². The second kappa shape index (κ2) is 7.44. The van der Waals surface area contributed by atoms with Crippen LogP contribution in [0.3, 0.4) is 0 Å². The van der Waals surface area contributed by atoms with Gasteiger partial charge in [0.05, 0.1) is 5.69 Å². The number of nitrogens with one attached hydrogen (secondary N) is 2. The Labute approximate surface area is 113 Å². The average Bonchev–Trinajstić information content (AvgIpc) is 2.44. The van der Waals surface area contributed by atoms with Gasteiger partial charge in [-0.25, -0.2) is 22.5 Å². The summed E-state index contributed by atoms with van der Waals surface area (Å²) in [7, 11) is 3.75. The third-order valence-electron chi connectivity index (χ3n) is 2.03. The first-order valence-electron chi connectivity index (χ1n) is 5.60. The van der Waals surface area contributed by atoms with Crippen molar-refractivity contribution in [2.75, 3.05) is 19.4 Å². The summed E-state index contributed by atoms with van der Waals surface area (Å²) in [6.07, 6.45) is 1.41. The van der Waals surface area contributed by atoms with Crippen LogP contribution in [0.15, 0.2) is 30.5 Å². The number of halogens is 4. The maximum atomic E-state index is 13.3. The van der Waals surface area contributed by atoms with E-state index >= 15 is 0 Å². The van der Waals surface area contributed by atoms with Gasteiger partial charge < -0.3 is 10.6 Å². The molecule has 0 spiro atoms. The zero-order chi connectivity index (χ0) is 15.1. The molecular formula is C13H13F4N3. The van der Waals surface area contributed by atoms with Crippen molar-refractivity contribution in [3.05, 3.63) is 53.7 Å². The quantitative estimate of drug-likeness (QED) is 0.506. The molecule has 0 radical (unpaired) electrons. The van der Waals surface area contributed by atoms with Crippen molar-refractivity contribution in [1.82, 2.24) is 10.3 Å². The van der Waals surface area contributed by atoms with E-state index in [1.807, 2.05) is 14.1 Å². The normalized spacial score (nSPS) is 9.70. The Morgan fingerprint density at radius 1 is 0.950 bits per heavy atom. The van der Waals surface area contributed by atoms with E-state index in [1.165, 1.54) is 12.3 Å². The fourth-order valence-corrected chi connectivity index (χ4v) is 1.24. The summed E-state index contributed by atoms with van der Waals surface area (Å²) in [5.74, 6) is -6.47. The van der Waals surface area contributed by atoms with E-state index in [2.05, 4.69) is 15.6 Å². The molecule has 1 aromatic carbocycles. The molecule has 0 aliphatic heterocycles. The van der Waals surface area contributed by atoms with Gasteiger partial charge in [-0.1, -0.05) is 6.07 Å². The minimum absolute atomic E-state index is 0.191. The molecule has 7 heteroatoms. The maximum absolute atomic E-state index is 13.3. The first-order chi connectivity index (χ1) is 9.51. The Balaban J connectivity index is 0.000000612. The minimum Gasteiger partial charge on any atom is -0.338 e. The van der Waals surface area contributed by atoms with Crippen molar-refractivity contribution in [2.24, 2.45) is 0 Å². The summed E-state index contributed by atoms with van der Waals surface area (Å²) in [6, 6.07) is 5.22. The van der Waals surface area contributed by atoms with E-state index in [-0.39, 0.29) is 5.82 Å². The molecule has 0 amide bonds. The summed E-state index contributed by atoms with van der Waals surface area (Å²) in [4.78, 5) is 3.78. The third-order valence-corrected chi connectivity index (χ3v) is 2.03. The van der Waals surface area contributed by atoms with E-state index in [1.54, 1.807) is 12.1 Å². The highest BCUT2D eigenvalue weighted by atomic mass is 19.2. The van der Waals surface area contributed by atoms with Crippen molar-refractivity contribution in [2.45, 2.75) is 0 Å². The van der Waals surface area contributed by atoms with Crippen molar-refractivity contribution in [3.63, 3.8) is 0 Å². The molecule has 0 aliphatic rings. The van der Waals surface area contributed by atoms with Crippen molar-refractivity contribution in [3.8, 4) is 0 Å². The number of rotatable bonds is 2. The Morgan fingerprint density at radius 3 is 2.15 bits per heavy atom. The Bertz CT molecular complexity index is 561. The molecule has 0 fully saturated rings. The lowest BCUT2D eigenvalue weighted by molar-refractivity contribution is 0.411. The average molecular weight is 287 g/mol. The van der Waals surface area contributed by atoms with Gasteiger partial charge in [0, 0.05) is 12.3 Å². The number of nitrogens with zero attached hydrogens (tertiary/aromatic N) is 1. The largest absolute Gasteiger partial charge is 0.338 e. The van der Waals surface area contributed by atoms with Gasteiger partial charge in [0.2, 0.25) is 0 Å². The Morgan fingerprint density at radius 2 is 1.60 bits per heavy atom. The highest BCUT2D eigenvalue weighted by molar-refractivity contribution is 5.56. The SMILES string of the molecule is CNC.Fc1cc(Nc2ccccn2)c(F)c(F)c1F. The van der Waals surface area contributed by atoms with E-state index in [0.717, 1.165) is 0 Å². The fourth-order valence-electron chi connectivity index (χ4n) is 1.24. The van der Waals surface area contributed by atoms with E-state index < -0.39 is 29.0 Å². The van der Waals surface area contributed by atoms with Crippen LogP contribution in [-0.2, 0) is 0 Å². The molecule has 0 saturated carbocycles. The molecule has 2 aromatic rings. The van der Waals surface area contributed by atoms with Gasteiger partial charge >= 0.3 is 0 Å². The highest BCUT2D eigenvalue weighted by Gasteiger charge is 2.18. The van der Waals surface area contributed by atoms with Crippen molar-refractivity contribution >= 4 is 11.5 Å². The maximum Gasteiger partial charge on any atom is 0.199 e. The van der Waals surface area contributed by atoms with Crippen LogP contribution in [0.25, 0.3) is 0 Å². The molecular weight excluding hydrogens is 274 g/mol. The lowest BCUT2D eigenvalue weighted by Gasteiger charge is -2.07. The number of benzene rings is 1. The van der Waals surface area contributed by atoms with Crippen molar-refractivity contribution < 1.29 is 17.6 Å². The summed E-state index contributed by atoms with van der Waals surface area (Å²) in [6.45, 7) is 0. The van der Waals surface area contributed by atoms with Gasteiger partial charge in [-0.2, -0.15) is 0 Å². The molecule has 2 N–H and O–H groups in total. The van der Waals surface area contributed by atoms with Crippen LogP contribution in [0, 0.1) is 23.3 Å². The standard InChI is InChI=1S/C11H6F4N2.C2H7N/c12-6-5-7(10(14)11(15)9(6)13)17-8-3-1-2-4-16-8;1-3-2/h1-5H,(H,16,17);3H,1-2H3. The molecule has 0 unspecified atom stereocenters. The van der Waals surface area contributed by atoms with Crippen LogP contribution in [0.2, 0.25) is 0 Å². The molecule has 2 rings (SSSR count). The second-order valence-electron chi connectivity index (χ2n) is 3.69. The third kappa shape index (κ3) is 3.92. The summed E-state index contributed by atoms with van der Waals surface area (Å²) < 4.78 is 51.7. The lowest BCUT2D eigenvalue weighted by atomic mass is 10.2. The van der Waals surface area contributed by atoms with Crippen LogP contribution < -0.4 is 10.6 Å². The monoisotopic (exact) mass is 287 g/mol. The van der Waals surface area contributed by atoms with Gasteiger partial charge in [0.15, 0.2) is 23.3 Å². The zero-order valence-electron chi connectivity index (χ0n) is 10.8. The number of hydrogen-bond acceptors (Lipinski definition) is 3. The second-order valence-corrected chi connectivity index (χ2v) is 3.69. The van der Waals surface area contributed by atoms with Crippen LogP contribution in [-0.4, -0.2) is 19.1 Å². The molecule has 108 valence electrons. The van der Waals surface area contributed by atoms with Gasteiger partial charge in [0.1, 0.15) is 5.82 Å². The predicted molar refractivity (Wildman–Crippen MR) is 68.8 cm³/mol. The smallest absolute Gasteiger partial charge is 0.199 e. The van der Waals surface area contributed by atoms with Crippen LogP contribution in [0.5, 0.6) is 0 Å². The van der Waals surface area contributed by atoms with Gasteiger partial charge in [0.25, 0.3) is 0 Å². The molecule has 1 aromatic heterocycles. The molecule has 20 heavy (non-hydrogen) atoms.